The van der Waals surface area contributed by atoms with Gasteiger partial charge in [0.25, 0.3) is 0 Å². The lowest BCUT2D eigenvalue weighted by Gasteiger charge is -2.18. The maximum Gasteiger partial charge on any atom is 0.159 e. The molecule has 1 unspecified atom stereocenters. The van der Waals surface area contributed by atoms with Crippen molar-refractivity contribution >= 4 is 11.4 Å². The molecule has 0 fully saturated rings. The zero-order chi connectivity index (χ0) is 19.2. The molecule has 3 rings (SSSR count). The van der Waals surface area contributed by atoms with Crippen LogP contribution < -0.4 is 5.32 Å². The Balaban J connectivity index is 1.97. The summed E-state index contributed by atoms with van der Waals surface area (Å²) in [6.45, 7) is 2.34. The van der Waals surface area contributed by atoms with E-state index in [0.29, 0.717) is 24.3 Å². The first kappa shape index (κ1) is 18.8. The maximum atomic E-state index is 13.7. The van der Waals surface area contributed by atoms with E-state index in [9.17, 15) is 8.78 Å². The summed E-state index contributed by atoms with van der Waals surface area (Å²) in [6.07, 6.45) is 7.93. The van der Waals surface area contributed by atoms with E-state index in [1.807, 2.05) is 31.2 Å². The van der Waals surface area contributed by atoms with E-state index in [0.717, 1.165) is 23.0 Å². The van der Waals surface area contributed by atoms with Crippen molar-refractivity contribution < 1.29 is 13.5 Å². The highest BCUT2D eigenvalue weighted by molar-refractivity contribution is 5.98. The van der Waals surface area contributed by atoms with E-state index >= 15 is 0 Å². The van der Waals surface area contributed by atoms with Gasteiger partial charge in [0.2, 0.25) is 0 Å². The first-order valence-corrected chi connectivity index (χ1v) is 8.68. The second-order valence-electron chi connectivity index (χ2n) is 6.29. The van der Waals surface area contributed by atoms with Crippen LogP contribution in [0.1, 0.15) is 24.5 Å². The van der Waals surface area contributed by atoms with Crippen LogP contribution in [0, 0.1) is 11.6 Å². The molecule has 0 amide bonds. The van der Waals surface area contributed by atoms with Gasteiger partial charge in [-0.15, -0.1) is 0 Å². The van der Waals surface area contributed by atoms with Crippen molar-refractivity contribution in [1.29, 1.82) is 0 Å². The minimum atomic E-state index is -0.874. The summed E-state index contributed by atoms with van der Waals surface area (Å²) in [5, 5.41) is 3.39. The zero-order valence-corrected chi connectivity index (χ0v) is 15.2. The number of aromatic nitrogens is 1. The molecule has 0 saturated heterocycles. The summed E-state index contributed by atoms with van der Waals surface area (Å²) in [6, 6.07) is 7.77. The SMILES string of the molecule is COC1=CC(c2ccc(F)c(F)c2)=CCC(C)NC(c2cccnc2)=NC1. The van der Waals surface area contributed by atoms with Crippen molar-refractivity contribution in [3.05, 3.63) is 83.4 Å². The van der Waals surface area contributed by atoms with Crippen molar-refractivity contribution in [2.75, 3.05) is 13.7 Å². The fraction of sp³-hybridized carbons (Fsp3) is 0.238. The fourth-order valence-electron chi connectivity index (χ4n) is 2.75. The Bertz CT molecular complexity index is 892. The summed E-state index contributed by atoms with van der Waals surface area (Å²) in [7, 11) is 1.57. The molecule has 0 radical (unpaired) electrons. The number of allylic oxidation sites excluding steroid dienone is 2. The Labute approximate surface area is 157 Å². The van der Waals surface area contributed by atoms with Gasteiger partial charge in [0.05, 0.1) is 13.7 Å². The van der Waals surface area contributed by atoms with Crippen molar-refractivity contribution in [2.24, 2.45) is 4.99 Å². The van der Waals surface area contributed by atoms with Crippen molar-refractivity contribution in [3.8, 4) is 0 Å². The molecule has 6 heteroatoms. The van der Waals surface area contributed by atoms with Gasteiger partial charge in [0, 0.05) is 24.0 Å². The standard InChI is InChI=1S/C21H21F2N3O/c1-14-5-6-15(16-7-8-19(22)20(23)11-16)10-18(27-2)13-25-21(26-14)17-4-3-9-24-12-17/h3-4,6-12,14H,5,13H2,1-2H3,(H,25,26). The quantitative estimate of drug-likeness (QED) is 0.886. The number of hydrogen-bond donors (Lipinski definition) is 1. The summed E-state index contributed by atoms with van der Waals surface area (Å²) in [5.41, 5.74) is 2.25. The minimum absolute atomic E-state index is 0.0850. The van der Waals surface area contributed by atoms with Crippen molar-refractivity contribution in [1.82, 2.24) is 10.3 Å². The fourth-order valence-corrected chi connectivity index (χ4v) is 2.75. The van der Waals surface area contributed by atoms with Crippen LogP contribution in [0.2, 0.25) is 0 Å². The number of amidine groups is 1. The second-order valence-corrected chi connectivity index (χ2v) is 6.29. The van der Waals surface area contributed by atoms with Crippen LogP contribution in [0.4, 0.5) is 8.78 Å². The summed E-state index contributed by atoms with van der Waals surface area (Å²) < 4.78 is 32.4. The number of pyridine rings is 1. The van der Waals surface area contributed by atoms with E-state index in [2.05, 4.69) is 15.3 Å². The molecule has 140 valence electrons. The Hall–Kier alpha value is -3.02. The topological polar surface area (TPSA) is 46.5 Å². The predicted octanol–water partition coefficient (Wildman–Crippen LogP) is 4.10. The van der Waals surface area contributed by atoms with E-state index in [4.69, 9.17) is 4.74 Å². The molecule has 1 aliphatic rings. The number of aliphatic imine (C=N–C) groups is 1. The van der Waals surface area contributed by atoms with E-state index in [1.165, 1.54) is 6.07 Å². The molecule has 1 aliphatic heterocycles. The van der Waals surface area contributed by atoms with Gasteiger partial charge in [0.1, 0.15) is 11.6 Å². The number of ether oxygens (including phenoxy) is 1. The lowest BCUT2D eigenvalue weighted by Crippen LogP contribution is -2.33. The third kappa shape index (κ3) is 4.78. The molecular weight excluding hydrogens is 348 g/mol. The van der Waals surface area contributed by atoms with E-state index in [-0.39, 0.29) is 6.04 Å². The summed E-state index contributed by atoms with van der Waals surface area (Å²) in [4.78, 5) is 8.77. The van der Waals surface area contributed by atoms with Gasteiger partial charge >= 0.3 is 0 Å². The predicted molar refractivity (Wildman–Crippen MR) is 102 cm³/mol. The lowest BCUT2D eigenvalue weighted by molar-refractivity contribution is 0.287. The molecule has 1 aromatic heterocycles. The van der Waals surface area contributed by atoms with Crippen molar-refractivity contribution in [3.63, 3.8) is 0 Å². The smallest absolute Gasteiger partial charge is 0.159 e. The number of rotatable bonds is 3. The molecule has 0 bridgehead atoms. The number of methoxy groups -OCH3 is 1. The maximum absolute atomic E-state index is 13.7. The van der Waals surface area contributed by atoms with Crippen LogP contribution in [0.3, 0.4) is 0 Å². The highest BCUT2D eigenvalue weighted by Crippen LogP contribution is 2.22. The normalized spacial score (nSPS) is 17.9. The van der Waals surface area contributed by atoms with Gasteiger partial charge in [-0.2, -0.15) is 0 Å². The molecule has 1 aromatic carbocycles. The Morgan fingerprint density at radius 3 is 2.70 bits per heavy atom. The molecule has 0 spiro atoms. The molecule has 4 nitrogen and oxygen atoms in total. The largest absolute Gasteiger partial charge is 0.499 e. The number of nitrogens with zero attached hydrogens (tertiary/aromatic N) is 2. The third-order valence-corrected chi connectivity index (χ3v) is 4.23. The third-order valence-electron chi connectivity index (χ3n) is 4.23. The molecule has 0 aliphatic carbocycles. The monoisotopic (exact) mass is 369 g/mol. The molecular formula is C21H21F2N3O. The number of halogens is 2. The van der Waals surface area contributed by atoms with Gasteiger partial charge in [-0.3, -0.25) is 9.98 Å². The van der Waals surface area contributed by atoms with Crippen LogP contribution in [0.25, 0.3) is 5.57 Å². The minimum Gasteiger partial charge on any atom is -0.499 e. The first-order valence-electron chi connectivity index (χ1n) is 8.68. The number of benzene rings is 1. The first-order chi connectivity index (χ1) is 13.1. The highest BCUT2D eigenvalue weighted by atomic mass is 19.2. The second kappa shape index (κ2) is 8.58. The lowest BCUT2D eigenvalue weighted by atomic mass is 10.0. The number of hydrogen-bond acceptors (Lipinski definition) is 4. The average Bonchev–Trinajstić information content (AvgIpc) is 2.69. The van der Waals surface area contributed by atoms with Crippen molar-refractivity contribution in [2.45, 2.75) is 19.4 Å². The molecule has 1 atom stereocenters. The Morgan fingerprint density at radius 2 is 2.00 bits per heavy atom. The molecule has 1 N–H and O–H groups in total. The molecule has 2 heterocycles. The van der Waals surface area contributed by atoms with E-state index in [1.54, 1.807) is 25.6 Å². The molecule has 0 saturated carbocycles. The van der Waals surface area contributed by atoms with E-state index < -0.39 is 11.6 Å². The van der Waals surface area contributed by atoms with Gasteiger partial charge in [0.15, 0.2) is 11.6 Å². The Kier molecular flexibility index (Phi) is 5.96. The van der Waals surface area contributed by atoms with Crippen LogP contribution in [0.5, 0.6) is 0 Å². The molecule has 2 aromatic rings. The van der Waals surface area contributed by atoms with Crippen LogP contribution in [0.15, 0.2) is 65.6 Å². The van der Waals surface area contributed by atoms with Gasteiger partial charge in [-0.1, -0.05) is 12.1 Å². The van der Waals surface area contributed by atoms with Gasteiger partial charge in [-0.25, -0.2) is 8.78 Å². The zero-order valence-electron chi connectivity index (χ0n) is 15.2. The Morgan fingerprint density at radius 1 is 1.15 bits per heavy atom. The molecule has 27 heavy (non-hydrogen) atoms. The van der Waals surface area contributed by atoms with Crippen LogP contribution >= 0.6 is 0 Å². The van der Waals surface area contributed by atoms with Crippen LogP contribution in [-0.4, -0.2) is 30.5 Å². The summed E-state index contributed by atoms with van der Waals surface area (Å²) >= 11 is 0. The van der Waals surface area contributed by atoms with Gasteiger partial charge in [-0.05, 0) is 54.8 Å². The number of nitrogens with one attached hydrogen (secondary N) is 1. The summed E-state index contributed by atoms with van der Waals surface area (Å²) in [5.74, 6) is -0.385. The highest BCUT2D eigenvalue weighted by Gasteiger charge is 2.12. The van der Waals surface area contributed by atoms with Gasteiger partial charge < -0.3 is 10.1 Å². The average molecular weight is 369 g/mol. The van der Waals surface area contributed by atoms with Crippen LogP contribution in [-0.2, 0) is 4.74 Å².